The second kappa shape index (κ2) is 7.10. The van der Waals surface area contributed by atoms with Crippen LogP contribution in [0.15, 0.2) is 30.3 Å². The lowest BCUT2D eigenvalue weighted by Crippen LogP contribution is -2.44. The molecule has 1 saturated heterocycles. The topological polar surface area (TPSA) is 79.5 Å². The van der Waals surface area contributed by atoms with Gasteiger partial charge in [-0.1, -0.05) is 41.7 Å². The molecule has 122 valence electrons. The Morgan fingerprint density at radius 1 is 1.35 bits per heavy atom. The van der Waals surface area contributed by atoms with Gasteiger partial charge in [-0.25, -0.2) is 4.98 Å². The van der Waals surface area contributed by atoms with Crippen LogP contribution in [-0.4, -0.2) is 40.1 Å². The fraction of sp³-hybridized carbons (Fsp3) is 0.412. The second-order valence-corrected chi connectivity index (χ2v) is 6.79. The fourth-order valence-corrected chi connectivity index (χ4v) is 3.93. The molecule has 0 bridgehead atoms. The van der Waals surface area contributed by atoms with Gasteiger partial charge in [-0.15, -0.1) is 0 Å². The molecule has 1 aromatic heterocycles. The molecule has 0 aliphatic carbocycles. The van der Waals surface area contributed by atoms with Gasteiger partial charge in [-0.2, -0.15) is 0 Å². The Kier molecular flexibility index (Phi) is 4.93. The van der Waals surface area contributed by atoms with Gasteiger partial charge < -0.3 is 15.7 Å². The highest BCUT2D eigenvalue weighted by atomic mass is 32.1. The number of hydrogen-bond acceptors (Lipinski definition) is 5. The second-order valence-electron chi connectivity index (χ2n) is 5.76. The van der Waals surface area contributed by atoms with E-state index in [4.69, 9.17) is 5.73 Å². The average Bonchev–Trinajstić information content (AvgIpc) is 2.98. The Labute approximate surface area is 139 Å². The highest BCUT2D eigenvalue weighted by Gasteiger charge is 2.30. The molecule has 5 nitrogen and oxygen atoms in total. The molecule has 0 radical (unpaired) electrons. The van der Waals surface area contributed by atoms with Crippen LogP contribution < -0.4 is 5.73 Å². The summed E-state index contributed by atoms with van der Waals surface area (Å²) in [7, 11) is 0. The molecule has 23 heavy (non-hydrogen) atoms. The normalized spacial score (nSPS) is 18.1. The summed E-state index contributed by atoms with van der Waals surface area (Å²) in [6.07, 6.45) is 3.68. The Morgan fingerprint density at radius 3 is 2.87 bits per heavy atom. The standard InChI is InChI=1S/C17H21N3O2S/c18-17-19-14(12-6-2-1-3-7-12)15(23-17)16(22)20-10-5-4-8-13(20)9-11-21/h1-3,6-7,13,21H,4-5,8-11H2,(H2,18,19). The van der Waals surface area contributed by atoms with Crippen LogP contribution in [0.5, 0.6) is 0 Å². The zero-order chi connectivity index (χ0) is 16.2. The van der Waals surface area contributed by atoms with Crippen LogP contribution >= 0.6 is 11.3 Å². The first kappa shape index (κ1) is 16.0. The van der Waals surface area contributed by atoms with E-state index in [1.165, 1.54) is 11.3 Å². The van der Waals surface area contributed by atoms with E-state index in [0.717, 1.165) is 31.4 Å². The van der Waals surface area contributed by atoms with Gasteiger partial charge in [-0.05, 0) is 25.7 Å². The zero-order valence-electron chi connectivity index (χ0n) is 12.9. The minimum absolute atomic E-state index is 0.0174. The molecular weight excluding hydrogens is 310 g/mol. The van der Waals surface area contributed by atoms with E-state index < -0.39 is 0 Å². The quantitative estimate of drug-likeness (QED) is 0.903. The van der Waals surface area contributed by atoms with Crippen LogP contribution in [0.3, 0.4) is 0 Å². The summed E-state index contributed by atoms with van der Waals surface area (Å²) in [5.41, 5.74) is 7.44. The summed E-state index contributed by atoms with van der Waals surface area (Å²) < 4.78 is 0. The number of thiazole rings is 1. The van der Waals surface area contributed by atoms with Gasteiger partial charge in [0.15, 0.2) is 5.13 Å². The molecule has 3 rings (SSSR count). The van der Waals surface area contributed by atoms with Gasteiger partial charge in [-0.3, -0.25) is 4.79 Å². The Morgan fingerprint density at radius 2 is 2.13 bits per heavy atom. The van der Waals surface area contributed by atoms with Gasteiger partial charge in [0, 0.05) is 24.8 Å². The number of carbonyl (C=O) groups excluding carboxylic acids is 1. The summed E-state index contributed by atoms with van der Waals surface area (Å²) in [5.74, 6) is -0.0174. The Hall–Kier alpha value is -1.92. The number of aliphatic hydroxyl groups is 1. The van der Waals surface area contributed by atoms with Crippen molar-refractivity contribution in [3.8, 4) is 11.3 Å². The minimum Gasteiger partial charge on any atom is -0.396 e. The van der Waals surface area contributed by atoms with Crippen LogP contribution in [-0.2, 0) is 0 Å². The van der Waals surface area contributed by atoms with Gasteiger partial charge >= 0.3 is 0 Å². The largest absolute Gasteiger partial charge is 0.396 e. The molecule has 1 amide bonds. The molecule has 1 unspecified atom stereocenters. The molecule has 1 aromatic carbocycles. The molecule has 1 atom stereocenters. The third-order valence-corrected chi connectivity index (χ3v) is 5.11. The predicted octanol–water partition coefficient (Wildman–Crippen LogP) is 2.77. The molecule has 2 heterocycles. The van der Waals surface area contributed by atoms with Crippen LogP contribution in [0, 0.1) is 0 Å². The van der Waals surface area contributed by atoms with Gasteiger partial charge in [0.25, 0.3) is 5.91 Å². The van der Waals surface area contributed by atoms with Crippen molar-refractivity contribution < 1.29 is 9.90 Å². The van der Waals surface area contributed by atoms with Crippen LogP contribution in [0.2, 0.25) is 0 Å². The summed E-state index contributed by atoms with van der Waals surface area (Å²) in [4.78, 5) is 19.9. The predicted molar refractivity (Wildman–Crippen MR) is 92.3 cm³/mol. The molecule has 0 saturated carbocycles. The number of amides is 1. The molecule has 1 aliphatic rings. The maximum Gasteiger partial charge on any atom is 0.266 e. The summed E-state index contributed by atoms with van der Waals surface area (Å²) >= 11 is 1.24. The number of carbonyl (C=O) groups is 1. The number of rotatable bonds is 4. The smallest absolute Gasteiger partial charge is 0.266 e. The maximum atomic E-state index is 13.1. The van der Waals surface area contributed by atoms with E-state index in [-0.39, 0.29) is 18.6 Å². The van der Waals surface area contributed by atoms with Crippen molar-refractivity contribution >= 4 is 22.4 Å². The van der Waals surface area contributed by atoms with Crippen molar-refractivity contribution in [2.75, 3.05) is 18.9 Å². The van der Waals surface area contributed by atoms with Crippen molar-refractivity contribution in [2.45, 2.75) is 31.7 Å². The highest BCUT2D eigenvalue weighted by Crippen LogP contribution is 2.32. The number of nitrogens with zero attached hydrogens (tertiary/aromatic N) is 2. The van der Waals surface area contributed by atoms with Crippen molar-refractivity contribution in [2.24, 2.45) is 0 Å². The van der Waals surface area contributed by atoms with Crippen LogP contribution in [0.25, 0.3) is 11.3 Å². The number of aliphatic hydroxyl groups excluding tert-OH is 1. The Bertz CT molecular complexity index is 670. The number of aromatic nitrogens is 1. The summed E-state index contributed by atoms with van der Waals surface area (Å²) in [5, 5.41) is 9.66. The van der Waals surface area contributed by atoms with Crippen LogP contribution in [0.1, 0.15) is 35.4 Å². The zero-order valence-corrected chi connectivity index (χ0v) is 13.8. The molecule has 3 N–H and O–H groups in total. The van der Waals surface area contributed by atoms with E-state index in [1.807, 2.05) is 35.2 Å². The van der Waals surface area contributed by atoms with Gasteiger partial charge in [0.2, 0.25) is 0 Å². The number of likely N-dealkylation sites (tertiary alicyclic amines) is 1. The highest BCUT2D eigenvalue weighted by molar-refractivity contribution is 7.17. The first-order valence-electron chi connectivity index (χ1n) is 7.94. The van der Waals surface area contributed by atoms with Crippen molar-refractivity contribution in [3.05, 3.63) is 35.2 Å². The summed E-state index contributed by atoms with van der Waals surface area (Å²) in [6.45, 7) is 0.834. The number of hydrogen-bond donors (Lipinski definition) is 2. The fourth-order valence-electron chi connectivity index (χ4n) is 3.12. The third-order valence-electron chi connectivity index (χ3n) is 4.24. The molecule has 1 aliphatic heterocycles. The lowest BCUT2D eigenvalue weighted by molar-refractivity contribution is 0.0580. The SMILES string of the molecule is Nc1nc(-c2ccccc2)c(C(=O)N2CCCCC2CCO)s1. The van der Waals surface area contributed by atoms with Gasteiger partial charge in [0.1, 0.15) is 4.88 Å². The number of nitrogens with two attached hydrogens (primary N) is 1. The van der Waals surface area contributed by atoms with Gasteiger partial charge in [0.05, 0.1) is 5.69 Å². The number of benzene rings is 1. The van der Waals surface area contributed by atoms with E-state index in [1.54, 1.807) is 0 Å². The monoisotopic (exact) mass is 331 g/mol. The first-order valence-corrected chi connectivity index (χ1v) is 8.76. The lowest BCUT2D eigenvalue weighted by Gasteiger charge is -2.35. The van der Waals surface area contributed by atoms with Crippen molar-refractivity contribution in [3.63, 3.8) is 0 Å². The van der Waals surface area contributed by atoms with E-state index in [9.17, 15) is 9.90 Å². The van der Waals surface area contributed by atoms with Crippen molar-refractivity contribution in [1.29, 1.82) is 0 Å². The Balaban J connectivity index is 1.93. The summed E-state index contributed by atoms with van der Waals surface area (Å²) in [6, 6.07) is 9.76. The average molecular weight is 331 g/mol. The van der Waals surface area contributed by atoms with E-state index >= 15 is 0 Å². The number of nitrogen functional groups attached to an aromatic ring is 1. The molecule has 6 heteroatoms. The molecule has 0 spiro atoms. The molecule has 1 fully saturated rings. The van der Waals surface area contributed by atoms with Crippen LogP contribution in [0.4, 0.5) is 5.13 Å². The third kappa shape index (κ3) is 3.38. The maximum absolute atomic E-state index is 13.1. The van der Waals surface area contributed by atoms with Crippen molar-refractivity contribution in [1.82, 2.24) is 9.88 Å². The molecular formula is C17H21N3O2S. The molecule has 2 aromatic rings. The first-order chi connectivity index (χ1) is 11.2. The van der Waals surface area contributed by atoms with E-state index in [0.29, 0.717) is 22.1 Å². The lowest BCUT2D eigenvalue weighted by atomic mass is 9.99. The minimum atomic E-state index is -0.0174. The van der Waals surface area contributed by atoms with E-state index in [2.05, 4.69) is 4.98 Å². The number of piperidine rings is 1. The number of anilines is 1.